The molecule has 0 unspecified atom stereocenters. The van der Waals surface area contributed by atoms with E-state index in [4.69, 9.17) is 0 Å². The SMILES string of the molecule is Cc1cc(C(=O)c2ccsc2)c(C)s1. The van der Waals surface area contributed by atoms with Gasteiger partial charge in [-0.2, -0.15) is 11.3 Å². The van der Waals surface area contributed by atoms with E-state index in [0.29, 0.717) is 0 Å². The standard InChI is InChI=1S/C11H10OS2/c1-7-5-10(8(2)14-7)11(12)9-3-4-13-6-9/h3-6H,1-2H3. The summed E-state index contributed by atoms with van der Waals surface area (Å²) in [4.78, 5) is 14.3. The van der Waals surface area contributed by atoms with Crippen molar-refractivity contribution in [2.45, 2.75) is 13.8 Å². The van der Waals surface area contributed by atoms with Crippen molar-refractivity contribution in [3.8, 4) is 0 Å². The first-order valence-electron chi connectivity index (χ1n) is 4.32. The predicted octanol–water partition coefficient (Wildman–Crippen LogP) is 3.66. The Hall–Kier alpha value is -0.930. The molecule has 0 aliphatic heterocycles. The van der Waals surface area contributed by atoms with E-state index in [1.807, 2.05) is 36.7 Å². The summed E-state index contributed by atoms with van der Waals surface area (Å²) in [6.45, 7) is 4.03. The summed E-state index contributed by atoms with van der Waals surface area (Å²) in [5, 5.41) is 3.83. The zero-order valence-corrected chi connectivity index (χ0v) is 9.67. The van der Waals surface area contributed by atoms with Crippen LogP contribution < -0.4 is 0 Å². The molecule has 0 amide bonds. The molecule has 0 fully saturated rings. The first-order valence-corrected chi connectivity index (χ1v) is 6.08. The molecule has 14 heavy (non-hydrogen) atoms. The van der Waals surface area contributed by atoms with Gasteiger partial charge in [0.25, 0.3) is 0 Å². The number of carbonyl (C=O) groups is 1. The minimum absolute atomic E-state index is 0.146. The Morgan fingerprint density at radius 2 is 2.14 bits per heavy atom. The molecule has 0 saturated carbocycles. The number of aryl methyl sites for hydroxylation is 2. The van der Waals surface area contributed by atoms with E-state index in [1.165, 1.54) is 4.88 Å². The van der Waals surface area contributed by atoms with Crippen molar-refractivity contribution in [2.75, 3.05) is 0 Å². The smallest absolute Gasteiger partial charge is 0.194 e. The van der Waals surface area contributed by atoms with Gasteiger partial charge >= 0.3 is 0 Å². The summed E-state index contributed by atoms with van der Waals surface area (Å²) in [5.74, 6) is 0.146. The number of thiophene rings is 2. The summed E-state index contributed by atoms with van der Waals surface area (Å²) in [6, 6.07) is 3.85. The van der Waals surface area contributed by atoms with E-state index >= 15 is 0 Å². The lowest BCUT2D eigenvalue weighted by Gasteiger charge is -1.95. The minimum atomic E-state index is 0.146. The van der Waals surface area contributed by atoms with Gasteiger partial charge in [-0.1, -0.05) is 0 Å². The molecule has 72 valence electrons. The third-order valence-electron chi connectivity index (χ3n) is 2.07. The molecule has 2 aromatic heterocycles. The average molecular weight is 222 g/mol. The van der Waals surface area contributed by atoms with Crippen LogP contribution in [0.1, 0.15) is 25.7 Å². The Kier molecular flexibility index (Phi) is 2.52. The quantitative estimate of drug-likeness (QED) is 0.709. The van der Waals surface area contributed by atoms with Crippen LogP contribution >= 0.6 is 22.7 Å². The van der Waals surface area contributed by atoms with E-state index in [1.54, 1.807) is 22.7 Å². The van der Waals surface area contributed by atoms with Crippen LogP contribution in [-0.2, 0) is 0 Å². The van der Waals surface area contributed by atoms with Crippen LogP contribution in [0.4, 0.5) is 0 Å². The Balaban J connectivity index is 2.41. The van der Waals surface area contributed by atoms with Gasteiger partial charge in [0.2, 0.25) is 0 Å². The van der Waals surface area contributed by atoms with Crippen LogP contribution in [0.2, 0.25) is 0 Å². The Morgan fingerprint density at radius 3 is 2.64 bits per heavy atom. The predicted molar refractivity (Wildman–Crippen MR) is 61.5 cm³/mol. The normalized spacial score (nSPS) is 10.4. The molecule has 0 aromatic carbocycles. The molecule has 0 aliphatic carbocycles. The van der Waals surface area contributed by atoms with Gasteiger partial charge < -0.3 is 0 Å². The number of hydrogen-bond acceptors (Lipinski definition) is 3. The van der Waals surface area contributed by atoms with E-state index in [2.05, 4.69) is 0 Å². The van der Waals surface area contributed by atoms with E-state index in [0.717, 1.165) is 16.0 Å². The monoisotopic (exact) mass is 222 g/mol. The minimum Gasteiger partial charge on any atom is -0.289 e. The third-order valence-corrected chi connectivity index (χ3v) is 3.72. The second kappa shape index (κ2) is 3.67. The highest BCUT2D eigenvalue weighted by Gasteiger charge is 2.13. The van der Waals surface area contributed by atoms with Gasteiger partial charge in [-0.25, -0.2) is 0 Å². The van der Waals surface area contributed by atoms with Crippen LogP contribution in [0, 0.1) is 13.8 Å². The van der Waals surface area contributed by atoms with Gasteiger partial charge in [-0.05, 0) is 31.4 Å². The topological polar surface area (TPSA) is 17.1 Å². The van der Waals surface area contributed by atoms with Crippen LogP contribution in [0.5, 0.6) is 0 Å². The van der Waals surface area contributed by atoms with Crippen LogP contribution in [-0.4, -0.2) is 5.78 Å². The van der Waals surface area contributed by atoms with Crippen molar-refractivity contribution in [3.63, 3.8) is 0 Å². The van der Waals surface area contributed by atoms with Crippen molar-refractivity contribution in [1.82, 2.24) is 0 Å². The Morgan fingerprint density at radius 1 is 1.36 bits per heavy atom. The molecule has 0 aliphatic rings. The molecule has 2 heterocycles. The molecule has 0 N–H and O–H groups in total. The fourth-order valence-corrected chi connectivity index (χ4v) is 2.96. The highest BCUT2D eigenvalue weighted by atomic mass is 32.1. The average Bonchev–Trinajstić information content (AvgIpc) is 2.73. The van der Waals surface area contributed by atoms with E-state index in [-0.39, 0.29) is 5.78 Å². The number of ketones is 1. The lowest BCUT2D eigenvalue weighted by atomic mass is 10.1. The summed E-state index contributed by atoms with van der Waals surface area (Å²) in [5.41, 5.74) is 1.65. The molecule has 0 atom stereocenters. The summed E-state index contributed by atoms with van der Waals surface area (Å²) >= 11 is 3.24. The molecule has 0 bridgehead atoms. The zero-order valence-electron chi connectivity index (χ0n) is 8.03. The molecule has 0 saturated heterocycles. The van der Waals surface area contributed by atoms with E-state index in [9.17, 15) is 4.79 Å². The number of hydrogen-bond donors (Lipinski definition) is 0. The van der Waals surface area contributed by atoms with Gasteiger partial charge in [0.1, 0.15) is 0 Å². The maximum atomic E-state index is 12.0. The second-order valence-corrected chi connectivity index (χ2v) is 5.41. The summed E-state index contributed by atoms with van der Waals surface area (Å²) in [6.07, 6.45) is 0. The van der Waals surface area contributed by atoms with Crippen molar-refractivity contribution >= 4 is 28.5 Å². The second-order valence-electron chi connectivity index (χ2n) is 3.17. The third kappa shape index (κ3) is 1.65. The van der Waals surface area contributed by atoms with Crippen LogP contribution in [0.25, 0.3) is 0 Å². The van der Waals surface area contributed by atoms with Crippen LogP contribution in [0.3, 0.4) is 0 Å². The molecule has 1 nitrogen and oxygen atoms in total. The summed E-state index contributed by atoms with van der Waals surface area (Å²) in [7, 11) is 0. The first kappa shape index (κ1) is 9.62. The van der Waals surface area contributed by atoms with Crippen molar-refractivity contribution < 1.29 is 4.79 Å². The molecular weight excluding hydrogens is 212 g/mol. The highest BCUT2D eigenvalue weighted by molar-refractivity contribution is 7.12. The molecular formula is C11H10OS2. The Bertz CT molecular complexity index is 452. The zero-order chi connectivity index (χ0) is 10.1. The van der Waals surface area contributed by atoms with Crippen LogP contribution in [0.15, 0.2) is 22.9 Å². The maximum absolute atomic E-state index is 12.0. The molecule has 0 radical (unpaired) electrons. The molecule has 3 heteroatoms. The van der Waals surface area contributed by atoms with Gasteiger partial charge in [0.15, 0.2) is 5.78 Å². The van der Waals surface area contributed by atoms with Crippen molar-refractivity contribution in [3.05, 3.63) is 43.8 Å². The summed E-state index contributed by atoms with van der Waals surface area (Å²) < 4.78 is 0. The maximum Gasteiger partial charge on any atom is 0.194 e. The largest absolute Gasteiger partial charge is 0.289 e. The van der Waals surface area contributed by atoms with E-state index < -0.39 is 0 Å². The lowest BCUT2D eigenvalue weighted by Crippen LogP contribution is -1.98. The van der Waals surface area contributed by atoms with Gasteiger partial charge in [-0.3, -0.25) is 4.79 Å². The van der Waals surface area contributed by atoms with Gasteiger partial charge in [-0.15, -0.1) is 11.3 Å². The molecule has 2 aromatic rings. The van der Waals surface area contributed by atoms with Gasteiger partial charge in [0, 0.05) is 26.3 Å². The van der Waals surface area contributed by atoms with Crippen molar-refractivity contribution in [2.24, 2.45) is 0 Å². The molecule has 0 spiro atoms. The number of carbonyl (C=O) groups excluding carboxylic acids is 1. The fraction of sp³-hybridized carbons (Fsp3) is 0.182. The Labute approximate surface area is 91.0 Å². The van der Waals surface area contributed by atoms with Gasteiger partial charge in [0.05, 0.1) is 0 Å². The van der Waals surface area contributed by atoms with Crippen molar-refractivity contribution in [1.29, 1.82) is 0 Å². The first-order chi connectivity index (χ1) is 6.68. The lowest BCUT2D eigenvalue weighted by molar-refractivity contribution is 0.103. The fourth-order valence-electron chi connectivity index (χ4n) is 1.41. The highest BCUT2D eigenvalue weighted by Crippen LogP contribution is 2.23. The number of rotatable bonds is 2. The molecule has 2 rings (SSSR count).